The van der Waals surface area contributed by atoms with Crippen LogP contribution in [0.3, 0.4) is 0 Å². The Kier molecular flexibility index (Phi) is 6.47. The molecule has 0 spiro atoms. The Hall–Kier alpha value is -0.00312. The second-order valence-electron chi connectivity index (χ2n) is 4.27. The van der Waals surface area contributed by atoms with Gasteiger partial charge in [-0.1, -0.05) is 26.6 Å². The van der Waals surface area contributed by atoms with Crippen LogP contribution in [0, 0.1) is 0 Å². The van der Waals surface area contributed by atoms with Crippen molar-refractivity contribution in [2.45, 2.75) is 39.0 Å². The van der Waals surface area contributed by atoms with Crippen molar-refractivity contribution in [2.75, 3.05) is 11.5 Å². The lowest BCUT2D eigenvalue weighted by Gasteiger charge is -2.23. The van der Waals surface area contributed by atoms with Gasteiger partial charge in [0.25, 0.3) is 0 Å². The fourth-order valence-corrected chi connectivity index (χ4v) is 3.13. The van der Waals surface area contributed by atoms with E-state index in [0.29, 0.717) is 0 Å². The molecule has 0 fully saturated rings. The van der Waals surface area contributed by atoms with E-state index in [-0.39, 0.29) is 6.04 Å². The Morgan fingerprint density at radius 3 is 2.43 bits per heavy atom. The zero-order valence-electron chi connectivity index (χ0n) is 9.46. The Bertz CT molecular complexity index is 182. The molecule has 3 nitrogen and oxygen atoms in total. The Labute approximate surface area is 91.7 Å². The third kappa shape index (κ3) is 7.41. The fourth-order valence-electron chi connectivity index (χ4n) is 1.13. The van der Waals surface area contributed by atoms with Gasteiger partial charge in [0.1, 0.15) is 14.3 Å². The van der Waals surface area contributed by atoms with Crippen LogP contribution in [0.2, 0.25) is 19.6 Å². The minimum Gasteiger partial charge on any atom is -0.480 e. The molecule has 1 atom stereocenters. The SMILES string of the molecule is CCSCCC(N[Si](C)(C)C)C(=O)O. The fraction of sp³-hybridized carbons (Fsp3) is 0.889. The van der Waals surface area contributed by atoms with Crippen LogP contribution in [0.1, 0.15) is 13.3 Å². The average molecular weight is 235 g/mol. The summed E-state index contributed by atoms with van der Waals surface area (Å²) < 4.78 is 0. The van der Waals surface area contributed by atoms with Crippen LogP contribution in [-0.2, 0) is 4.79 Å². The summed E-state index contributed by atoms with van der Waals surface area (Å²) in [5, 5.41) is 8.99. The molecule has 0 saturated heterocycles. The summed E-state index contributed by atoms with van der Waals surface area (Å²) in [5.41, 5.74) is 0. The summed E-state index contributed by atoms with van der Waals surface area (Å²) in [6.07, 6.45) is 0.720. The number of carboxylic acid groups (broad SMARTS) is 1. The van der Waals surface area contributed by atoms with Gasteiger partial charge in [0.2, 0.25) is 0 Å². The third-order valence-electron chi connectivity index (χ3n) is 1.66. The number of aliphatic carboxylic acids is 1. The summed E-state index contributed by atoms with van der Waals surface area (Å²) in [5.74, 6) is 1.26. The molecule has 5 heteroatoms. The van der Waals surface area contributed by atoms with E-state index in [9.17, 15) is 4.79 Å². The van der Waals surface area contributed by atoms with Crippen LogP contribution in [0.5, 0.6) is 0 Å². The van der Waals surface area contributed by atoms with Gasteiger partial charge in [-0.05, 0) is 17.9 Å². The van der Waals surface area contributed by atoms with Crippen LogP contribution in [0.25, 0.3) is 0 Å². The summed E-state index contributed by atoms with van der Waals surface area (Å²) in [6.45, 7) is 8.45. The van der Waals surface area contributed by atoms with Crippen molar-refractivity contribution in [2.24, 2.45) is 0 Å². The molecule has 14 heavy (non-hydrogen) atoms. The minimum absolute atomic E-state index is 0.360. The van der Waals surface area contributed by atoms with Gasteiger partial charge in [-0.15, -0.1) is 0 Å². The monoisotopic (exact) mass is 235 g/mol. The Balaban J connectivity index is 3.97. The predicted octanol–water partition coefficient (Wildman–Crippen LogP) is 2.01. The first kappa shape index (κ1) is 14.0. The van der Waals surface area contributed by atoms with Gasteiger partial charge in [-0.2, -0.15) is 11.8 Å². The molecule has 0 aliphatic heterocycles. The number of thioether (sulfide) groups is 1. The van der Waals surface area contributed by atoms with E-state index in [0.717, 1.165) is 17.9 Å². The molecule has 84 valence electrons. The second kappa shape index (κ2) is 6.47. The van der Waals surface area contributed by atoms with Crippen molar-refractivity contribution in [3.63, 3.8) is 0 Å². The number of carbonyl (C=O) groups is 1. The van der Waals surface area contributed by atoms with Gasteiger partial charge in [-0.3, -0.25) is 4.79 Å². The van der Waals surface area contributed by atoms with Crippen molar-refractivity contribution in [1.29, 1.82) is 0 Å². The molecule has 0 bridgehead atoms. The smallest absolute Gasteiger partial charge is 0.320 e. The Morgan fingerprint density at radius 1 is 1.50 bits per heavy atom. The van der Waals surface area contributed by atoms with Crippen molar-refractivity contribution in [3.8, 4) is 0 Å². The second-order valence-corrected chi connectivity index (χ2v) is 10.5. The molecule has 0 radical (unpaired) electrons. The lowest BCUT2D eigenvalue weighted by molar-refractivity contribution is -0.139. The molecule has 2 N–H and O–H groups in total. The normalized spacial score (nSPS) is 14.0. The first-order chi connectivity index (χ1) is 6.37. The third-order valence-corrected chi connectivity index (χ3v) is 3.81. The number of carboxylic acids is 1. The van der Waals surface area contributed by atoms with E-state index in [4.69, 9.17) is 5.11 Å². The maximum atomic E-state index is 10.9. The summed E-state index contributed by atoms with van der Waals surface area (Å²) in [6, 6.07) is -0.360. The molecule has 1 unspecified atom stereocenters. The molecule has 0 amide bonds. The van der Waals surface area contributed by atoms with Gasteiger partial charge in [0, 0.05) is 0 Å². The maximum Gasteiger partial charge on any atom is 0.320 e. The van der Waals surface area contributed by atoms with Gasteiger partial charge < -0.3 is 10.1 Å². The minimum atomic E-state index is -1.48. The van der Waals surface area contributed by atoms with Gasteiger partial charge in [0.15, 0.2) is 0 Å². The highest BCUT2D eigenvalue weighted by Gasteiger charge is 2.23. The van der Waals surface area contributed by atoms with Gasteiger partial charge >= 0.3 is 5.97 Å². The number of rotatable bonds is 7. The van der Waals surface area contributed by atoms with Crippen molar-refractivity contribution in [3.05, 3.63) is 0 Å². The lowest BCUT2D eigenvalue weighted by Crippen LogP contribution is -2.51. The molecule has 0 heterocycles. The van der Waals surface area contributed by atoms with E-state index in [1.54, 1.807) is 11.8 Å². The lowest BCUT2D eigenvalue weighted by atomic mass is 10.2. The molecule has 0 aliphatic carbocycles. The molecule has 0 saturated carbocycles. The molecule has 0 aromatic rings. The number of hydrogen-bond donors (Lipinski definition) is 2. The van der Waals surface area contributed by atoms with Crippen molar-refractivity contribution < 1.29 is 9.90 Å². The highest BCUT2D eigenvalue weighted by molar-refractivity contribution is 7.99. The first-order valence-electron chi connectivity index (χ1n) is 4.95. The summed E-state index contributed by atoms with van der Waals surface area (Å²) >= 11 is 1.79. The molecule has 0 aromatic carbocycles. The van der Waals surface area contributed by atoms with E-state index < -0.39 is 14.2 Å². The van der Waals surface area contributed by atoms with Crippen LogP contribution >= 0.6 is 11.8 Å². The Morgan fingerprint density at radius 2 is 2.07 bits per heavy atom. The van der Waals surface area contributed by atoms with Crippen LogP contribution in [0.15, 0.2) is 0 Å². The average Bonchev–Trinajstić information content (AvgIpc) is 2.00. The number of nitrogens with one attached hydrogen (secondary N) is 1. The quantitative estimate of drug-likeness (QED) is 0.523. The van der Waals surface area contributed by atoms with E-state index in [2.05, 4.69) is 31.5 Å². The van der Waals surface area contributed by atoms with Crippen LogP contribution in [0.4, 0.5) is 0 Å². The summed E-state index contributed by atoms with van der Waals surface area (Å²) in [7, 11) is -1.48. The predicted molar refractivity (Wildman–Crippen MR) is 65.5 cm³/mol. The number of hydrogen-bond acceptors (Lipinski definition) is 3. The standard InChI is InChI=1S/C9H21NO2SSi/c1-5-13-7-6-8(9(11)12)10-14(2,3)4/h8,10H,5-7H2,1-4H3,(H,11,12). The zero-order valence-corrected chi connectivity index (χ0v) is 11.3. The van der Waals surface area contributed by atoms with Gasteiger partial charge in [0.05, 0.1) is 0 Å². The van der Waals surface area contributed by atoms with Crippen molar-refractivity contribution in [1.82, 2.24) is 4.98 Å². The van der Waals surface area contributed by atoms with Crippen molar-refractivity contribution >= 4 is 26.0 Å². The van der Waals surface area contributed by atoms with Crippen LogP contribution in [-0.4, -0.2) is 36.9 Å². The molecule has 0 aromatic heterocycles. The molecular formula is C9H21NO2SSi. The molecule has 0 rings (SSSR count). The van der Waals surface area contributed by atoms with Gasteiger partial charge in [-0.25, -0.2) is 0 Å². The van der Waals surface area contributed by atoms with Crippen LogP contribution < -0.4 is 4.98 Å². The van der Waals surface area contributed by atoms with E-state index in [1.807, 2.05) is 0 Å². The van der Waals surface area contributed by atoms with E-state index >= 15 is 0 Å². The molecule has 0 aliphatic rings. The highest BCUT2D eigenvalue weighted by atomic mass is 32.2. The zero-order chi connectivity index (χ0) is 11.2. The first-order valence-corrected chi connectivity index (χ1v) is 9.60. The molecular weight excluding hydrogens is 214 g/mol. The largest absolute Gasteiger partial charge is 0.480 e. The highest BCUT2D eigenvalue weighted by Crippen LogP contribution is 2.07. The maximum absolute atomic E-state index is 10.9. The topological polar surface area (TPSA) is 49.3 Å². The summed E-state index contributed by atoms with van der Waals surface area (Å²) in [4.78, 5) is 14.2. The van der Waals surface area contributed by atoms with E-state index in [1.165, 1.54) is 0 Å².